The van der Waals surface area contributed by atoms with E-state index in [1.54, 1.807) is 0 Å². The van der Waals surface area contributed by atoms with E-state index in [0.29, 0.717) is 9.21 Å². The molecule has 2 aromatic heterocycles. The highest BCUT2D eigenvalue weighted by Crippen LogP contribution is 2.41. The number of halogens is 2. The molecule has 1 fully saturated rings. The van der Waals surface area contributed by atoms with Crippen molar-refractivity contribution in [2.45, 2.75) is 25.0 Å². The minimum Gasteiger partial charge on any atom is -0.359 e. The molecule has 1 aliphatic rings. The molecule has 2 atom stereocenters. The molecule has 5 nitrogen and oxygen atoms in total. The Morgan fingerprint density at radius 2 is 1.41 bits per heavy atom. The van der Waals surface area contributed by atoms with Gasteiger partial charge in [-0.2, -0.15) is 0 Å². The third-order valence-corrected chi connectivity index (χ3v) is 3.40. The first-order valence-corrected chi connectivity index (χ1v) is 6.70. The second-order valence-electron chi connectivity index (χ2n) is 3.79. The van der Waals surface area contributed by atoms with Crippen LogP contribution in [0.2, 0.25) is 0 Å². The van der Waals surface area contributed by atoms with Crippen molar-refractivity contribution >= 4 is 31.9 Å². The SMILES string of the molecule is Brc1cc([C@@H]2CC[C@H](c3cc(Br)no3)O2)on1. The monoisotopic (exact) mass is 362 g/mol. The van der Waals surface area contributed by atoms with Gasteiger partial charge in [-0.1, -0.05) is 10.3 Å². The lowest BCUT2D eigenvalue weighted by Crippen LogP contribution is -1.97. The van der Waals surface area contributed by atoms with Crippen LogP contribution in [0.4, 0.5) is 0 Å². The van der Waals surface area contributed by atoms with Crippen molar-refractivity contribution in [3.8, 4) is 0 Å². The molecule has 1 saturated heterocycles. The molecule has 0 aliphatic carbocycles. The molecule has 0 spiro atoms. The zero-order chi connectivity index (χ0) is 11.8. The van der Waals surface area contributed by atoms with E-state index < -0.39 is 0 Å². The van der Waals surface area contributed by atoms with Gasteiger partial charge in [-0.25, -0.2) is 0 Å². The smallest absolute Gasteiger partial charge is 0.166 e. The van der Waals surface area contributed by atoms with Crippen LogP contribution in [0, 0.1) is 0 Å². The van der Waals surface area contributed by atoms with Crippen LogP contribution in [0.15, 0.2) is 30.4 Å². The number of hydrogen-bond acceptors (Lipinski definition) is 5. The Balaban J connectivity index is 1.73. The lowest BCUT2D eigenvalue weighted by Gasteiger charge is -2.07. The summed E-state index contributed by atoms with van der Waals surface area (Å²) in [7, 11) is 0. The number of rotatable bonds is 2. The summed E-state index contributed by atoms with van der Waals surface area (Å²) < 4.78 is 17.5. The first-order chi connectivity index (χ1) is 8.22. The largest absolute Gasteiger partial charge is 0.359 e. The molecule has 3 rings (SSSR count). The fourth-order valence-electron chi connectivity index (χ4n) is 1.89. The molecule has 0 bridgehead atoms. The lowest BCUT2D eigenvalue weighted by atomic mass is 10.1. The first-order valence-electron chi connectivity index (χ1n) is 5.12. The summed E-state index contributed by atoms with van der Waals surface area (Å²) in [5.74, 6) is 1.47. The molecule has 0 unspecified atom stereocenters. The van der Waals surface area contributed by atoms with Gasteiger partial charge in [-0.05, 0) is 44.7 Å². The Kier molecular flexibility index (Phi) is 3.06. The minimum absolute atomic E-state index is 0.0670. The van der Waals surface area contributed by atoms with E-state index in [1.165, 1.54) is 0 Å². The Hall–Kier alpha value is -0.660. The zero-order valence-corrected chi connectivity index (χ0v) is 11.8. The average Bonchev–Trinajstić information content (AvgIpc) is 2.96. The van der Waals surface area contributed by atoms with E-state index in [0.717, 1.165) is 24.4 Å². The fourth-order valence-corrected chi connectivity index (χ4v) is 2.49. The van der Waals surface area contributed by atoms with E-state index in [9.17, 15) is 0 Å². The quantitative estimate of drug-likeness (QED) is 0.812. The molecule has 0 amide bonds. The summed E-state index contributed by atoms with van der Waals surface area (Å²) in [5.41, 5.74) is 0. The highest BCUT2D eigenvalue weighted by Gasteiger charge is 2.32. The summed E-state index contributed by atoms with van der Waals surface area (Å²) in [6, 6.07) is 3.65. The molecular weight excluding hydrogens is 356 g/mol. The van der Waals surface area contributed by atoms with Crippen molar-refractivity contribution in [2.24, 2.45) is 0 Å². The molecule has 7 heteroatoms. The van der Waals surface area contributed by atoms with Crippen LogP contribution in [0.25, 0.3) is 0 Å². The van der Waals surface area contributed by atoms with Crippen LogP contribution in [0.1, 0.15) is 36.6 Å². The molecule has 90 valence electrons. The van der Waals surface area contributed by atoms with Crippen LogP contribution in [-0.4, -0.2) is 10.3 Å². The molecular formula is C10H8Br2N2O3. The third-order valence-electron chi connectivity index (χ3n) is 2.65. The van der Waals surface area contributed by atoms with Crippen LogP contribution in [0.5, 0.6) is 0 Å². The average molecular weight is 364 g/mol. The first kappa shape index (κ1) is 11.4. The molecule has 0 aromatic carbocycles. The minimum atomic E-state index is -0.0670. The van der Waals surface area contributed by atoms with Gasteiger partial charge in [0.05, 0.1) is 0 Å². The molecule has 1 aliphatic heterocycles. The third kappa shape index (κ3) is 2.31. The molecule has 0 saturated carbocycles. The van der Waals surface area contributed by atoms with E-state index in [-0.39, 0.29) is 12.2 Å². The summed E-state index contributed by atoms with van der Waals surface area (Å²) in [4.78, 5) is 0. The molecule has 3 heterocycles. The zero-order valence-electron chi connectivity index (χ0n) is 8.60. The Labute approximate surface area is 114 Å². The Morgan fingerprint density at radius 1 is 0.941 bits per heavy atom. The number of nitrogens with zero attached hydrogens (tertiary/aromatic N) is 2. The van der Waals surface area contributed by atoms with Crippen molar-refractivity contribution in [3.05, 3.63) is 32.9 Å². The van der Waals surface area contributed by atoms with Crippen molar-refractivity contribution in [3.63, 3.8) is 0 Å². The molecule has 0 N–H and O–H groups in total. The van der Waals surface area contributed by atoms with Gasteiger partial charge in [-0.3, -0.25) is 0 Å². The van der Waals surface area contributed by atoms with Crippen molar-refractivity contribution in [1.82, 2.24) is 10.3 Å². The topological polar surface area (TPSA) is 61.3 Å². The van der Waals surface area contributed by atoms with E-state index >= 15 is 0 Å². The number of hydrogen-bond donors (Lipinski definition) is 0. The van der Waals surface area contributed by atoms with Gasteiger partial charge in [0, 0.05) is 12.1 Å². The van der Waals surface area contributed by atoms with Gasteiger partial charge in [0.15, 0.2) is 11.5 Å². The summed E-state index contributed by atoms with van der Waals surface area (Å²) >= 11 is 6.49. The van der Waals surface area contributed by atoms with Crippen molar-refractivity contribution < 1.29 is 13.8 Å². The summed E-state index contributed by atoms with van der Waals surface area (Å²) in [6.07, 6.45) is 1.63. The molecule has 17 heavy (non-hydrogen) atoms. The van der Waals surface area contributed by atoms with Crippen LogP contribution >= 0.6 is 31.9 Å². The van der Waals surface area contributed by atoms with Gasteiger partial charge in [0.1, 0.15) is 21.4 Å². The standard InChI is InChI=1S/C10H8Br2N2O3/c11-9-3-7(16-13-9)5-1-2-6(15-5)8-4-10(12)14-17-8/h3-6H,1-2H2/t5-,6+. The molecule has 2 aromatic rings. The van der Waals surface area contributed by atoms with E-state index in [1.807, 2.05) is 12.1 Å². The molecule has 0 radical (unpaired) electrons. The van der Waals surface area contributed by atoms with E-state index in [4.69, 9.17) is 13.8 Å². The Bertz CT molecular complexity index is 479. The maximum Gasteiger partial charge on any atom is 0.166 e. The predicted octanol–water partition coefficient (Wildman–Crippen LogP) is 3.78. The van der Waals surface area contributed by atoms with E-state index in [2.05, 4.69) is 42.2 Å². The number of aromatic nitrogens is 2. The van der Waals surface area contributed by atoms with Gasteiger partial charge in [-0.15, -0.1) is 0 Å². The summed E-state index contributed by atoms with van der Waals surface area (Å²) in [6.45, 7) is 0. The van der Waals surface area contributed by atoms with Gasteiger partial charge in [0.2, 0.25) is 0 Å². The van der Waals surface area contributed by atoms with Gasteiger partial charge in [0.25, 0.3) is 0 Å². The Morgan fingerprint density at radius 3 is 1.76 bits per heavy atom. The normalized spacial score (nSPS) is 24.4. The second-order valence-corrected chi connectivity index (χ2v) is 5.42. The lowest BCUT2D eigenvalue weighted by molar-refractivity contribution is 0.0146. The van der Waals surface area contributed by atoms with Crippen LogP contribution in [-0.2, 0) is 4.74 Å². The summed E-state index contributed by atoms with van der Waals surface area (Å²) in [5, 5.41) is 7.56. The van der Waals surface area contributed by atoms with Gasteiger partial charge >= 0.3 is 0 Å². The maximum atomic E-state index is 5.85. The van der Waals surface area contributed by atoms with Crippen molar-refractivity contribution in [1.29, 1.82) is 0 Å². The fraction of sp³-hybridized carbons (Fsp3) is 0.400. The number of ether oxygens (including phenoxy) is 1. The van der Waals surface area contributed by atoms with Crippen molar-refractivity contribution in [2.75, 3.05) is 0 Å². The second kappa shape index (κ2) is 4.55. The predicted molar refractivity (Wildman–Crippen MR) is 64.2 cm³/mol. The highest BCUT2D eigenvalue weighted by atomic mass is 79.9. The van der Waals surface area contributed by atoms with Crippen LogP contribution < -0.4 is 0 Å². The highest BCUT2D eigenvalue weighted by molar-refractivity contribution is 9.10. The maximum absolute atomic E-state index is 5.85. The van der Waals surface area contributed by atoms with Gasteiger partial charge < -0.3 is 13.8 Å². The van der Waals surface area contributed by atoms with Crippen LogP contribution in [0.3, 0.4) is 0 Å².